The van der Waals surface area contributed by atoms with E-state index in [0.717, 1.165) is 32.6 Å². The minimum atomic E-state index is -4.03. The monoisotopic (exact) mass is 687 g/mol. The average Bonchev–Trinajstić information content (AvgIpc) is 3.06. The highest BCUT2D eigenvalue weighted by Crippen LogP contribution is 2.35. The third-order valence-electron chi connectivity index (χ3n) is 8.19. The number of nitrogens with one attached hydrogen (secondary N) is 2. The van der Waals surface area contributed by atoms with E-state index in [0.29, 0.717) is 23.9 Å². The second kappa shape index (κ2) is 16.0. The predicted octanol–water partition coefficient (Wildman–Crippen LogP) is 5.34. The molecule has 13 heteroatoms. The normalized spacial score (nSPS) is 16.2. The SMILES string of the molecule is O=C(NCC(=O)N1CCN(CCCN2CCCCC2)CC1)c1ccc(S(=O)(=O)Nc2ccccc2Oc2ccc(Cl)cc2Cl)cc1. The molecule has 5 rings (SSSR count). The van der Waals surface area contributed by atoms with Crippen LogP contribution in [0.4, 0.5) is 5.69 Å². The zero-order valence-corrected chi connectivity index (χ0v) is 27.9. The lowest BCUT2D eigenvalue weighted by Gasteiger charge is -2.35. The van der Waals surface area contributed by atoms with Gasteiger partial charge in [-0.15, -0.1) is 0 Å². The van der Waals surface area contributed by atoms with E-state index in [2.05, 4.69) is 19.8 Å². The van der Waals surface area contributed by atoms with Crippen molar-refractivity contribution in [2.75, 3.05) is 63.6 Å². The van der Waals surface area contributed by atoms with E-state index in [1.165, 1.54) is 62.7 Å². The number of para-hydroxylation sites is 2. The van der Waals surface area contributed by atoms with Gasteiger partial charge in [-0.1, -0.05) is 41.8 Å². The Hall–Kier alpha value is -3.35. The van der Waals surface area contributed by atoms with Crippen molar-refractivity contribution < 1.29 is 22.7 Å². The van der Waals surface area contributed by atoms with Crippen LogP contribution in [0.1, 0.15) is 36.0 Å². The van der Waals surface area contributed by atoms with E-state index >= 15 is 0 Å². The summed E-state index contributed by atoms with van der Waals surface area (Å²) in [6.45, 7) is 7.41. The zero-order chi connectivity index (χ0) is 32.5. The third-order valence-corrected chi connectivity index (χ3v) is 10.1. The molecule has 2 amide bonds. The number of benzene rings is 3. The first-order chi connectivity index (χ1) is 22.2. The Balaban J connectivity index is 1.08. The Bertz CT molecular complexity index is 1610. The summed E-state index contributed by atoms with van der Waals surface area (Å²) in [5.41, 5.74) is 0.443. The predicted molar refractivity (Wildman–Crippen MR) is 180 cm³/mol. The van der Waals surface area contributed by atoms with E-state index in [4.69, 9.17) is 27.9 Å². The molecule has 0 aromatic heterocycles. The van der Waals surface area contributed by atoms with Gasteiger partial charge in [0.2, 0.25) is 5.91 Å². The van der Waals surface area contributed by atoms with Crippen LogP contribution in [0.3, 0.4) is 0 Å². The van der Waals surface area contributed by atoms with Crippen molar-refractivity contribution in [1.29, 1.82) is 0 Å². The second-order valence-corrected chi connectivity index (χ2v) is 14.0. The van der Waals surface area contributed by atoms with Gasteiger partial charge in [-0.05, 0) is 100 Å². The molecule has 2 saturated heterocycles. The van der Waals surface area contributed by atoms with Crippen LogP contribution >= 0.6 is 23.2 Å². The first-order valence-corrected chi connectivity index (χ1v) is 17.8. The van der Waals surface area contributed by atoms with Crippen LogP contribution in [-0.4, -0.2) is 93.8 Å². The fraction of sp³-hybridized carbons (Fsp3) is 0.394. The molecule has 0 bridgehead atoms. The van der Waals surface area contributed by atoms with E-state index < -0.39 is 15.9 Å². The van der Waals surface area contributed by atoms with Crippen LogP contribution in [0, 0.1) is 0 Å². The molecule has 3 aromatic carbocycles. The van der Waals surface area contributed by atoms with E-state index in [-0.39, 0.29) is 39.4 Å². The molecule has 0 unspecified atom stereocenters. The van der Waals surface area contributed by atoms with Gasteiger partial charge in [0.05, 0.1) is 22.2 Å². The standard InChI is InChI=1S/C33H39Cl2N5O5S/c34-26-11-14-30(28(35)23-26)45-31-8-3-2-7-29(31)37-46(43,44)27-12-9-25(10-13-27)33(42)36-24-32(41)40-21-19-39(20-22-40)18-6-17-38-15-4-1-5-16-38/h2-3,7-14,23,37H,1,4-6,15-22,24H2,(H,36,42). The van der Waals surface area contributed by atoms with Gasteiger partial charge in [0.25, 0.3) is 15.9 Å². The Morgan fingerprint density at radius 1 is 0.783 bits per heavy atom. The number of ether oxygens (including phenoxy) is 1. The fourth-order valence-corrected chi connectivity index (χ4v) is 7.11. The number of piperazine rings is 1. The summed E-state index contributed by atoms with van der Waals surface area (Å²) in [5, 5.41) is 3.38. The zero-order valence-electron chi connectivity index (χ0n) is 25.6. The lowest BCUT2D eigenvalue weighted by molar-refractivity contribution is -0.131. The lowest BCUT2D eigenvalue weighted by Crippen LogP contribution is -2.51. The topological polar surface area (TPSA) is 111 Å². The molecule has 0 radical (unpaired) electrons. The minimum absolute atomic E-state index is 0.0479. The first kappa shape index (κ1) is 34.0. The van der Waals surface area contributed by atoms with E-state index in [1.54, 1.807) is 41.3 Å². The lowest BCUT2D eigenvalue weighted by atomic mass is 10.1. The molecule has 10 nitrogen and oxygen atoms in total. The summed E-state index contributed by atoms with van der Waals surface area (Å²) < 4.78 is 34.7. The van der Waals surface area contributed by atoms with Gasteiger partial charge in [-0.3, -0.25) is 19.2 Å². The summed E-state index contributed by atoms with van der Waals surface area (Å²) in [4.78, 5) is 32.2. The molecule has 0 atom stereocenters. The Labute approximate surface area is 280 Å². The highest BCUT2D eigenvalue weighted by molar-refractivity contribution is 7.92. The van der Waals surface area contributed by atoms with E-state index in [9.17, 15) is 18.0 Å². The molecule has 2 aliphatic heterocycles. The van der Waals surface area contributed by atoms with Crippen LogP contribution in [0.2, 0.25) is 10.0 Å². The van der Waals surface area contributed by atoms with Crippen molar-refractivity contribution in [3.63, 3.8) is 0 Å². The van der Waals surface area contributed by atoms with Gasteiger partial charge >= 0.3 is 0 Å². The largest absolute Gasteiger partial charge is 0.454 e. The second-order valence-electron chi connectivity index (χ2n) is 11.5. The molecule has 0 saturated carbocycles. The quantitative estimate of drug-likeness (QED) is 0.265. The number of hydrogen-bond donors (Lipinski definition) is 2. The molecular formula is C33H39Cl2N5O5S. The molecule has 246 valence electrons. The highest BCUT2D eigenvalue weighted by Gasteiger charge is 2.22. The molecule has 46 heavy (non-hydrogen) atoms. The van der Waals surface area contributed by atoms with Gasteiger partial charge in [-0.25, -0.2) is 8.42 Å². The molecule has 0 aliphatic carbocycles. The van der Waals surface area contributed by atoms with Crippen molar-refractivity contribution in [2.45, 2.75) is 30.6 Å². The summed E-state index contributed by atoms with van der Waals surface area (Å²) >= 11 is 12.2. The number of nitrogens with zero attached hydrogens (tertiary/aromatic N) is 3. The number of rotatable bonds is 12. The van der Waals surface area contributed by atoms with Crippen molar-refractivity contribution in [3.8, 4) is 11.5 Å². The highest BCUT2D eigenvalue weighted by atomic mass is 35.5. The van der Waals surface area contributed by atoms with Crippen LogP contribution in [0.25, 0.3) is 0 Å². The number of hydrogen-bond acceptors (Lipinski definition) is 7. The number of sulfonamides is 1. The van der Waals surface area contributed by atoms with Gasteiger partial charge in [0, 0.05) is 36.8 Å². The first-order valence-electron chi connectivity index (χ1n) is 15.5. The number of carbonyl (C=O) groups is 2. The maximum Gasteiger partial charge on any atom is 0.262 e. The van der Waals surface area contributed by atoms with Crippen molar-refractivity contribution in [2.24, 2.45) is 0 Å². The Morgan fingerprint density at radius 2 is 1.46 bits per heavy atom. The maximum atomic E-state index is 13.2. The number of halogens is 2. The number of carbonyl (C=O) groups excluding carboxylic acids is 2. The Kier molecular flexibility index (Phi) is 11.8. The smallest absolute Gasteiger partial charge is 0.262 e. The average molecular weight is 689 g/mol. The fourth-order valence-electron chi connectivity index (χ4n) is 5.60. The summed E-state index contributed by atoms with van der Waals surface area (Å²) in [5.74, 6) is -0.0386. The van der Waals surface area contributed by atoms with Crippen LogP contribution in [0.15, 0.2) is 71.6 Å². The summed E-state index contributed by atoms with van der Waals surface area (Å²) in [7, 11) is -4.03. The van der Waals surface area contributed by atoms with Crippen LogP contribution < -0.4 is 14.8 Å². The molecule has 2 heterocycles. The molecule has 0 spiro atoms. The number of piperidine rings is 1. The molecular weight excluding hydrogens is 649 g/mol. The number of likely N-dealkylation sites (tertiary alicyclic amines) is 1. The van der Waals surface area contributed by atoms with Crippen molar-refractivity contribution in [1.82, 2.24) is 20.0 Å². The van der Waals surface area contributed by atoms with Crippen molar-refractivity contribution >= 4 is 50.7 Å². The summed E-state index contributed by atoms with van der Waals surface area (Å²) in [6.07, 6.45) is 5.09. The van der Waals surface area contributed by atoms with Gasteiger partial charge in [0.1, 0.15) is 5.75 Å². The summed E-state index contributed by atoms with van der Waals surface area (Å²) in [6, 6.07) is 16.8. The van der Waals surface area contributed by atoms with Gasteiger partial charge in [-0.2, -0.15) is 0 Å². The molecule has 2 N–H and O–H groups in total. The Morgan fingerprint density at radius 3 is 2.15 bits per heavy atom. The molecule has 2 fully saturated rings. The minimum Gasteiger partial charge on any atom is -0.454 e. The third kappa shape index (κ3) is 9.36. The van der Waals surface area contributed by atoms with E-state index in [1.807, 2.05) is 0 Å². The molecule has 3 aromatic rings. The van der Waals surface area contributed by atoms with Gasteiger partial charge < -0.3 is 19.9 Å². The van der Waals surface area contributed by atoms with Gasteiger partial charge in [0.15, 0.2) is 5.75 Å². The maximum absolute atomic E-state index is 13.2. The van der Waals surface area contributed by atoms with Crippen LogP contribution in [0.5, 0.6) is 11.5 Å². The molecule has 2 aliphatic rings. The van der Waals surface area contributed by atoms with Crippen LogP contribution in [-0.2, 0) is 14.8 Å². The number of anilines is 1. The number of amides is 2. The van der Waals surface area contributed by atoms with Crippen molar-refractivity contribution in [3.05, 3.63) is 82.3 Å².